The van der Waals surface area contributed by atoms with Gasteiger partial charge in [-0.1, -0.05) is 0 Å². The van der Waals surface area contributed by atoms with E-state index in [2.05, 4.69) is 20.9 Å². The number of aromatic nitrogens is 1. The zero-order chi connectivity index (χ0) is 13.0. The summed E-state index contributed by atoms with van der Waals surface area (Å²) in [7, 11) is 1.59. The summed E-state index contributed by atoms with van der Waals surface area (Å²) in [6.45, 7) is 0. The molecule has 90 valence electrons. The number of ether oxygens (including phenoxy) is 2. The van der Waals surface area contributed by atoms with Gasteiger partial charge in [-0.15, -0.1) is 0 Å². The second-order valence-electron chi connectivity index (χ2n) is 3.36. The summed E-state index contributed by atoms with van der Waals surface area (Å²) >= 11 is 3.38. The summed E-state index contributed by atoms with van der Waals surface area (Å²) in [5.74, 6) is 1.74. The molecule has 0 bridgehead atoms. The van der Waals surface area contributed by atoms with Crippen molar-refractivity contribution in [1.29, 1.82) is 5.26 Å². The number of pyridine rings is 1. The Kier molecular flexibility index (Phi) is 3.80. The second-order valence-corrected chi connectivity index (χ2v) is 4.21. The monoisotopic (exact) mass is 304 g/mol. The van der Waals surface area contributed by atoms with E-state index < -0.39 is 0 Å². The minimum atomic E-state index is 0.250. The number of nitriles is 1. The van der Waals surface area contributed by atoms with Crippen LogP contribution in [0, 0.1) is 11.3 Å². The Balaban J connectivity index is 2.32. The van der Waals surface area contributed by atoms with E-state index in [0.29, 0.717) is 11.5 Å². The molecule has 0 radical (unpaired) electrons. The molecule has 1 aromatic heterocycles. The molecule has 5 heteroatoms. The second kappa shape index (κ2) is 5.52. The number of halogens is 1. The van der Waals surface area contributed by atoms with Gasteiger partial charge in [-0.25, -0.2) is 4.98 Å². The first-order valence-electron chi connectivity index (χ1n) is 5.11. The lowest BCUT2D eigenvalue weighted by atomic mass is 10.3. The predicted molar refractivity (Wildman–Crippen MR) is 69.7 cm³/mol. The molecule has 0 aliphatic carbocycles. The van der Waals surface area contributed by atoms with Crippen LogP contribution < -0.4 is 9.47 Å². The fourth-order valence-corrected chi connectivity index (χ4v) is 1.81. The van der Waals surface area contributed by atoms with E-state index in [1.165, 1.54) is 0 Å². The van der Waals surface area contributed by atoms with Crippen LogP contribution in [-0.2, 0) is 0 Å². The van der Waals surface area contributed by atoms with Crippen LogP contribution in [0.15, 0.2) is 41.0 Å². The number of hydrogen-bond donors (Lipinski definition) is 0. The lowest BCUT2D eigenvalue weighted by Crippen LogP contribution is -1.92. The number of benzene rings is 1. The minimum Gasteiger partial charge on any atom is -0.497 e. The van der Waals surface area contributed by atoms with E-state index in [0.717, 1.165) is 10.2 Å². The van der Waals surface area contributed by atoms with E-state index >= 15 is 0 Å². The van der Waals surface area contributed by atoms with E-state index in [-0.39, 0.29) is 5.69 Å². The van der Waals surface area contributed by atoms with Gasteiger partial charge in [0.25, 0.3) is 0 Å². The van der Waals surface area contributed by atoms with Crippen molar-refractivity contribution >= 4 is 15.9 Å². The van der Waals surface area contributed by atoms with Crippen molar-refractivity contribution in [3.8, 4) is 23.3 Å². The van der Waals surface area contributed by atoms with E-state index in [1.54, 1.807) is 43.6 Å². The van der Waals surface area contributed by atoms with Gasteiger partial charge in [0.05, 0.1) is 11.6 Å². The SMILES string of the molecule is COc1ccc(Oc2cccnc2C#N)c(Br)c1. The molecule has 0 spiro atoms. The summed E-state index contributed by atoms with van der Waals surface area (Å²) in [4.78, 5) is 3.93. The Morgan fingerprint density at radius 2 is 2.11 bits per heavy atom. The van der Waals surface area contributed by atoms with Gasteiger partial charge < -0.3 is 9.47 Å². The topological polar surface area (TPSA) is 55.1 Å². The maximum atomic E-state index is 8.92. The van der Waals surface area contributed by atoms with Crippen molar-refractivity contribution < 1.29 is 9.47 Å². The van der Waals surface area contributed by atoms with Crippen LogP contribution in [0.1, 0.15) is 5.69 Å². The summed E-state index contributed by atoms with van der Waals surface area (Å²) < 4.78 is 11.5. The van der Waals surface area contributed by atoms with E-state index in [9.17, 15) is 0 Å². The fourth-order valence-electron chi connectivity index (χ4n) is 1.37. The third-order valence-corrected chi connectivity index (χ3v) is 2.86. The van der Waals surface area contributed by atoms with E-state index in [4.69, 9.17) is 14.7 Å². The molecular formula is C13H9BrN2O2. The highest BCUT2D eigenvalue weighted by atomic mass is 79.9. The molecule has 1 heterocycles. The highest BCUT2D eigenvalue weighted by Crippen LogP contribution is 2.33. The van der Waals surface area contributed by atoms with Gasteiger partial charge in [0.2, 0.25) is 0 Å². The third kappa shape index (κ3) is 2.60. The molecule has 0 N–H and O–H groups in total. The van der Waals surface area contributed by atoms with Gasteiger partial charge in [-0.2, -0.15) is 5.26 Å². The Labute approximate surface area is 113 Å². The molecule has 18 heavy (non-hydrogen) atoms. The zero-order valence-corrected chi connectivity index (χ0v) is 11.1. The average molecular weight is 305 g/mol. The van der Waals surface area contributed by atoms with Gasteiger partial charge in [-0.3, -0.25) is 0 Å². The van der Waals surface area contributed by atoms with Gasteiger partial charge in [0, 0.05) is 6.20 Å². The largest absolute Gasteiger partial charge is 0.497 e. The maximum absolute atomic E-state index is 8.92. The summed E-state index contributed by atoms with van der Waals surface area (Å²) in [5, 5.41) is 8.92. The van der Waals surface area contributed by atoms with Crippen molar-refractivity contribution in [3.05, 3.63) is 46.7 Å². The van der Waals surface area contributed by atoms with Crippen LogP contribution in [0.2, 0.25) is 0 Å². The zero-order valence-electron chi connectivity index (χ0n) is 9.55. The van der Waals surface area contributed by atoms with Crippen molar-refractivity contribution in [2.24, 2.45) is 0 Å². The standard InChI is InChI=1S/C13H9BrN2O2/c1-17-9-4-5-12(10(14)7-9)18-13-3-2-6-16-11(13)8-15/h2-7H,1H3. The summed E-state index contributed by atoms with van der Waals surface area (Å²) in [5.41, 5.74) is 0.250. The number of nitrogens with zero attached hydrogens (tertiary/aromatic N) is 2. The van der Waals surface area contributed by atoms with Crippen LogP contribution in [0.5, 0.6) is 17.2 Å². The Morgan fingerprint density at radius 1 is 1.28 bits per heavy atom. The lowest BCUT2D eigenvalue weighted by Gasteiger charge is -2.09. The lowest BCUT2D eigenvalue weighted by molar-refractivity contribution is 0.412. The Morgan fingerprint density at radius 3 is 2.78 bits per heavy atom. The van der Waals surface area contributed by atoms with Crippen LogP contribution >= 0.6 is 15.9 Å². The predicted octanol–water partition coefficient (Wildman–Crippen LogP) is 3.52. The first-order valence-corrected chi connectivity index (χ1v) is 5.90. The van der Waals surface area contributed by atoms with Crippen molar-refractivity contribution in [2.45, 2.75) is 0 Å². The molecule has 1 aromatic carbocycles. The third-order valence-electron chi connectivity index (χ3n) is 2.24. The molecule has 0 aliphatic heterocycles. The maximum Gasteiger partial charge on any atom is 0.183 e. The van der Waals surface area contributed by atoms with Crippen molar-refractivity contribution in [1.82, 2.24) is 4.98 Å². The highest BCUT2D eigenvalue weighted by molar-refractivity contribution is 9.10. The van der Waals surface area contributed by atoms with Gasteiger partial charge >= 0.3 is 0 Å². The molecule has 4 nitrogen and oxygen atoms in total. The molecule has 0 saturated carbocycles. The van der Waals surface area contributed by atoms with E-state index in [1.807, 2.05) is 6.07 Å². The van der Waals surface area contributed by atoms with Crippen LogP contribution in [-0.4, -0.2) is 12.1 Å². The normalized spacial score (nSPS) is 9.61. The van der Waals surface area contributed by atoms with Crippen LogP contribution in [0.3, 0.4) is 0 Å². The Hall–Kier alpha value is -2.06. The van der Waals surface area contributed by atoms with Crippen LogP contribution in [0.25, 0.3) is 0 Å². The first kappa shape index (κ1) is 12.4. The number of methoxy groups -OCH3 is 1. The summed E-state index contributed by atoms with van der Waals surface area (Å²) in [6, 6.07) is 10.7. The van der Waals surface area contributed by atoms with Gasteiger partial charge in [0.15, 0.2) is 11.4 Å². The molecular weight excluding hydrogens is 296 g/mol. The number of rotatable bonds is 3. The van der Waals surface area contributed by atoms with Gasteiger partial charge in [0.1, 0.15) is 17.6 Å². The number of hydrogen-bond acceptors (Lipinski definition) is 4. The molecule has 0 unspecified atom stereocenters. The molecule has 0 fully saturated rings. The summed E-state index contributed by atoms with van der Waals surface area (Å²) in [6.07, 6.45) is 1.55. The highest BCUT2D eigenvalue weighted by Gasteiger charge is 2.08. The minimum absolute atomic E-state index is 0.250. The van der Waals surface area contributed by atoms with Crippen LogP contribution in [0.4, 0.5) is 0 Å². The van der Waals surface area contributed by atoms with Crippen molar-refractivity contribution in [3.63, 3.8) is 0 Å². The molecule has 2 rings (SSSR count). The molecule has 0 aliphatic rings. The quantitative estimate of drug-likeness (QED) is 0.870. The van der Waals surface area contributed by atoms with Crippen molar-refractivity contribution in [2.75, 3.05) is 7.11 Å². The molecule has 2 aromatic rings. The molecule has 0 atom stereocenters. The average Bonchev–Trinajstić information content (AvgIpc) is 2.41. The fraction of sp³-hybridized carbons (Fsp3) is 0.0769. The molecule has 0 saturated heterocycles. The first-order chi connectivity index (χ1) is 8.74. The van der Waals surface area contributed by atoms with Gasteiger partial charge in [-0.05, 0) is 46.3 Å². The molecule has 0 amide bonds. The Bertz CT molecular complexity index is 608. The smallest absolute Gasteiger partial charge is 0.183 e.